The molecule has 0 amide bonds. The zero-order chi connectivity index (χ0) is 12.7. The van der Waals surface area contributed by atoms with Gasteiger partial charge in [0.15, 0.2) is 0 Å². The molecule has 1 N–H and O–H groups in total. The SMILES string of the molecule is c1ccc2c(c1)SCc1sc(CC3CCCN3)nc1-2. The summed E-state index contributed by atoms with van der Waals surface area (Å²) in [6.07, 6.45) is 3.72. The summed E-state index contributed by atoms with van der Waals surface area (Å²) in [5.74, 6) is 1.09. The van der Waals surface area contributed by atoms with Gasteiger partial charge in [0.2, 0.25) is 0 Å². The van der Waals surface area contributed by atoms with Crippen LogP contribution < -0.4 is 5.32 Å². The molecule has 2 nitrogen and oxygen atoms in total. The van der Waals surface area contributed by atoms with E-state index in [4.69, 9.17) is 4.98 Å². The van der Waals surface area contributed by atoms with Gasteiger partial charge in [0, 0.05) is 33.6 Å². The summed E-state index contributed by atoms with van der Waals surface area (Å²) in [5, 5.41) is 4.87. The van der Waals surface area contributed by atoms with E-state index in [9.17, 15) is 0 Å². The van der Waals surface area contributed by atoms with E-state index in [0.717, 1.165) is 12.2 Å². The van der Waals surface area contributed by atoms with Crippen molar-refractivity contribution < 1.29 is 0 Å². The Morgan fingerprint density at radius 1 is 1.32 bits per heavy atom. The van der Waals surface area contributed by atoms with E-state index in [1.807, 2.05) is 23.1 Å². The quantitative estimate of drug-likeness (QED) is 0.912. The van der Waals surface area contributed by atoms with Gasteiger partial charge in [-0.15, -0.1) is 23.1 Å². The first-order valence-corrected chi connectivity index (χ1v) is 8.64. The van der Waals surface area contributed by atoms with E-state index in [2.05, 4.69) is 29.6 Å². The summed E-state index contributed by atoms with van der Waals surface area (Å²) in [4.78, 5) is 7.76. The summed E-state index contributed by atoms with van der Waals surface area (Å²) in [6.45, 7) is 1.18. The molecule has 1 fully saturated rings. The zero-order valence-electron chi connectivity index (χ0n) is 10.7. The van der Waals surface area contributed by atoms with Crippen molar-refractivity contribution in [3.05, 3.63) is 34.2 Å². The predicted molar refractivity (Wildman–Crippen MR) is 81.8 cm³/mol. The monoisotopic (exact) mass is 288 g/mol. The van der Waals surface area contributed by atoms with E-state index < -0.39 is 0 Å². The second-order valence-electron chi connectivity index (χ2n) is 5.16. The summed E-state index contributed by atoms with van der Waals surface area (Å²) in [7, 11) is 0. The van der Waals surface area contributed by atoms with E-state index in [0.29, 0.717) is 6.04 Å². The van der Waals surface area contributed by atoms with Crippen LogP contribution in [0.5, 0.6) is 0 Å². The van der Waals surface area contributed by atoms with Crippen LogP contribution in [0.15, 0.2) is 29.2 Å². The van der Waals surface area contributed by atoms with E-state index in [-0.39, 0.29) is 0 Å². The van der Waals surface area contributed by atoms with Gasteiger partial charge < -0.3 is 5.32 Å². The molecule has 98 valence electrons. The second-order valence-corrected chi connectivity index (χ2v) is 7.35. The smallest absolute Gasteiger partial charge is 0.0951 e. The average Bonchev–Trinajstić information content (AvgIpc) is 3.08. The first-order chi connectivity index (χ1) is 9.40. The number of benzene rings is 1. The number of nitrogens with zero attached hydrogens (tertiary/aromatic N) is 1. The number of thioether (sulfide) groups is 1. The van der Waals surface area contributed by atoms with Crippen LogP contribution in [0.3, 0.4) is 0 Å². The fourth-order valence-corrected chi connectivity index (χ4v) is 5.16. The number of aromatic nitrogens is 1. The Bertz CT molecular complexity index is 600. The van der Waals surface area contributed by atoms with Gasteiger partial charge in [-0.2, -0.15) is 0 Å². The van der Waals surface area contributed by atoms with Gasteiger partial charge in [0.05, 0.1) is 10.7 Å². The Labute approximate surface area is 121 Å². The molecule has 0 spiro atoms. The molecule has 1 aromatic carbocycles. The van der Waals surface area contributed by atoms with Crippen LogP contribution in [-0.4, -0.2) is 17.6 Å². The first kappa shape index (κ1) is 11.9. The number of rotatable bonds is 2. The van der Waals surface area contributed by atoms with Crippen molar-refractivity contribution in [3.63, 3.8) is 0 Å². The van der Waals surface area contributed by atoms with Crippen LogP contribution in [0.25, 0.3) is 11.3 Å². The molecule has 4 rings (SSSR count). The maximum Gasteiger partial charge on any atom is 0.0951 e. The third-order valence-corrected chi connectivity index (χ3v) is 6.19. The van der Waals surface area contributed by atoms with Crippen molar-refractivity contribution >= 4 is 23.1 Å². The van der Waals surface area contributed by atoms with Crippen LogP contribution in [0.2, 0.25) is 0 Å². The fraction of sp³-hybridized carbons (Fsp3) is 0.400. The second kappa shape index (κ2) is 4.93. The molecular formula is C15H16N2S2. The molecule has 3 heterocycles. The maximum atomic E-state index is 4.92. The van der Waals surface area contributed by atoms with Crippen LogP contribution in [0, 0.1) is 0 Å². The molecule has 1 atom stereocenters. The highest BCUT2D eigenvalue weighted by atomic mass is 32.2. The number of hydrogen-bond acceptors (Lipinski definition) is 4. The van der Waals surface area contributed by atoms with Gasteiger partial charge in [-0.25, -0.2) is 4.98 Å². The van der Waals surface area contributed by atoms with Crippen LogP contribution in [0.4, 0.5) is 0 Å². The van der Waals surface area contributed by atoms with Crippen LogP contribution in [0.1, 0.15) is 22.7 Å². The standard InChI is InChI=1S/C15H16N2S2/c1-2-6-12-11(5-1)15-13(9-18-12)19-14(17-15)8-10-4-3-7-16-10/h1-2,5-6,10,16H,3-4,7-9H2. The Morgan fingerprint density at radius 3 is 3.16 bits per heavy atom. The summed E-state index contributed by atoms with van der Waals surface area (Å²) in [6, 6.07) is 9.30. The van der Waals surface area contributed by atoms with E-state index in [1.54, 1.807) is 0 Å². The van der Waals surface area contributed by atoms with Gasteiger partial charge in [-0.05, 0) is 25.5 Å². The van der Waals surface area contributed by atoms with Crippen molar-refractivity contribution in [1.82, 2.24) is 10.3 Å². The highest BCUT2D eigenvalue weighted by molar-refractivity contribution is 7.98. The summed E-state index contributed by atoms with van der Waals surface area (Å²) in [5.41, 5.74) is 2.57. The molecule has 1 saturated heterocycles. The third-order valence-electron chi connectivity index (χ3n) is 3.83. The minimum atomic E-state index is 0.649. The van der Waals surface area contributed by atoms with Crippen molar-refractivity contribution in [3.8, 4) is 11.3 Å². The van der Waals surface area contributed by atoms with Gasteiger partial charge in [0.25, 0.3) is 0 Å². The number of thiazole rings is 1. The molecule has 1 aromatic heterocycles. The minimum Gasteiger partial charge on any atom is -0.314 e. The molecule has 0 aliphatic carbocycles. The highest BCUT2D eigenvalue weighted by Gasteiger charge is 2.23. The molecule has 2 aliphatic rings. The van der Waals surface area contributed by atoms with E-state index in [1.165, 1.54) is 45.4 Å². The topological polar surface area (TPSA) is 24.9 Å². The molecule has 2 aromatic rings. The highest BCUT2D eigenvalue weighted by Crippen LogP contribution is 2.43. The molecule has 2 aliphatic heterocycles. The van der Waals surface area contributed by atoms with Crippen molar-refractivity contribution in [2.24, 2.45) is 0 Å². The molecule has 4 heteroatoms. The third kappa shape index (κ3) is 2.22. The van der Waals surface area contributed by atoms with Crippen LogP contribution >= 0.6 is 23.1 Å². The normalized spacial score (nSPS) is 21.2. The fourth-order valence-electron chi connectivity index (χ4n) is 2.87. The molecule has 1 unspecified atom stereocenters. The van der Waals surface area contributed by atoms with Crippen molar-refractivity contribution in [2.75, 3.05) is 6.54 Å². The van der Waals surface area contributed by atoms with Gasteiger partial charge in [-0.1, -0.05) is 18.2 Å². The Morgan fingerprint density at radius 2 is 2.26 bits per heavy atom. The summed E-state index contributed by atoms with van der Waals surface area (Å²) >= 11 is 3.86. The lowest BCUT2D eigenvalue weighted by Crippen LogP contribution is -2.23. The van der Waals surface area contributed by atoms with Crippen LogP contribution in [-0.2, 0) is 12.2 Å². The number of hydrogen-bond donors (Lipinski definition) is 1. The lowest BCUT2D eigenvalue weighted by Gasteiger charge is -2.13. The van der Waals surface area contributed by atoms with E-state index >= 15 is 0 Å². The largest absolute Gasteiger partial charge is 0.314 e. The average molecular weight is 288 g/mol. The zero-order valence-corrected chi connectivity index (χ0v) is 12.3. The number of nitrogens with one attached hydrogen (secondary N) is 1. The molecule has 0 saturated carbocycles. The van der Waals surface area contributed by atoms with Gasteiger partial charge in [0.1, 0.15) is 0 Å². The molecule has 19 heavy (non-hydrogen) atoms. The molecular weight excluding hydrogens is 272 g/mol. The Balaban J connectivity index is 1.66. The van der Waals surface area contributed by atoms with Crippen molar-refractivity contribution in [2.45, 2.75) is 36.0 Å². The lowest BCUT2D eigenvalue weighted by molar-refractivity contribution is 0.601. The van der Waals surface area contributed by atoms with Gasteiger partial charge in [-0.3, -0.25) is 0 Å². The molecule has 0 bridgehead atoms. The Kier molecular flexibility index (Phi) is 3.10. The maximum absolute atomic E-state index is 4.92. The predicted octanol–water partition coefficient (Wildman–Crippen LogP) is 3.71. The van der Waals surface area contributed by atoms with Crippen molar-refractivity contribution in [1.29, 1.82) is 0 Å². The summed E-state index contributed by atoms with van der Waals surface area (Å²) < 4.78 is 0. The number of fused-ring (bicyclic) bond motifs is 3. The molecule has 0 radical (unpaired) electrons. The minimum absolute atomic E-state index is 0.649. The Hall–Kier alpha value is -0.840. The lowest BCUT2D eigenvalue weighted by atomic mass is 10.1. The first-order valence-electron chi connectivity index (χ1n) is 6.84. The van der Waals surface area contributed by atoms with Gasteiger partial charge >= 0.3 is 0 Å².